The van der Waals surface area contributed by atoms with Crippen LogP contribution in [0.25, 0.3) is 0 Å². The van der Waals surface area contributed by atoms with Crippen LogP contribution < -0.4 is 0 Å². The minimum atomic E-state index is 1.13. The monoisotopic (exact) mass is 168 g/mol. The Morgan fingerprint density at radius 3 is 2.31 bits per heavy atom. The van der Waals surface area contributed by atoms with Gasteiger partial charge in [0.05, 0.1) is 0 Å². The van der Waals surface area contributed by atoms with Gasteiger partial charge in [-0.25, -0.2) is 0 Å². The van der Waals surface area contributed by atoms with Crippen LogP contribution in [0, 0.1) is 6.42 Å². The summed E-state index contributed by atoms with van der Waals surface area (Å²) in [5, 5.41) is 0. The lowest BCUT2D eigenvalue weighted by molar-refractivity contribution is 1.28. The first kappa shape index (κ1) is 7.99. The maximum atomic E-state index is 4.05. The Morgan fingerprint density at radius 1 is 0.846 bits per heavy atom. The Kier molecular flexibility index (Phi) is 2.37. The van der Waals surface area contributed by atoms with Crippen LogP contribution in [0.2, 0.25) is 0 Å². The molecule has 2 aromatic rings. The van der Waals surface area contributed by atoms with Crippen molar-refractivity contribution < 1.29 is 0 Å². The van der Waals surface area contributed by atoms with E-state index in [1.54, 1.807) is 6.20 Å². The minimum absolute atomic E-state index is 1.13. The summed E-state index contributed by atoms with van der Waals surface area (Å²) in [6, 6.07) is 14.2. The smallest absolute Gasteiger partial charge is 0.0306 e. The molecule has 1 nitrogen and oxygen atoms in total. The van der Waals surface area contributed by atoms with Crippen molar-refractivity contribution in [2.45, 2.75) is 0 Å². The normalized spacial score (nSPS) is 9.85. The van der Waals surface area contributed by atoms with E-state index in [-0.39, 0.29) is 0 Å². The first-order chi connectivity index (χ1) is 6.45. The van der Waals surface area contributed by atoms with Crippen LogP contribution in [0.5, 0.6) is 0 Å². The van der Waals surface area contributed by atoms with Gasteiger partial charge in [0.2, 0.25) is 0 Å². The molecule has 0 fully saturated rings. The van der Waals surface area contributed by atoms with E-state index in [0.29, 0.717) is 0 Å². The van der Waals surface area contributed by atoms with Gasteiger partial charge >= 0.3 is 0 Å². The molecule has 0 aliphatic heterocycles. The molecule has 0 N–H and O–H groups in total. The molecule has 0 spiro atoms. The predicted octanol–water partition coefficient (Wildman–Crippen LogP) is 2.68. The maximum Gasteiger partial charge on any atom is 0.0306 e. The van der Waals surface area contributed by atoms with Crippen molar-refractivity contribution in [3.63, 3.8) is 0 Å². The van der Waals surface area contributed by atoms with Gasteiger partial charge in [-0.1, -0.05) is 36.4 Å². The lowest BCUT2D eigenvalue weighted by Crippen LogP contribution is -1.84. The zero-order chi connectivity index (χ0) is 8.93. The van der Waals surface area contributed by atoms with Gasteiger partial charge in [0, 0.05) is 18.8 Å². The molecule has 2 rings (SSSR count). The molecule has 0 amide bonds. The summed E-state index contributed by atoms with van der Waals surface area (Å²) in [4.78, 5) is 4.05. The second-order valence-electron chi connectivity index (χ2n) is 2.84. The summed E-state index contributed by atoms with van der Waals surface area (Å²) in [6.45, 7) is 0. The van der Waals surface area contributed by atoms with Gasteiger partial charge in [-0.05, 0) is 17.2 Å². The first-order valence-corrected chi connectivity index (χ1v) is 4.25. The molecule has 13 heavy (non-hydrogen) atoms. The molecule has 0 bridgehead atoms. The highest BCUT2D eigenvalue weighted by Crippen LogP contribution is 2.09. The van der Waals surface area contributed by atoms with Crippen molar-refractivity contribution in [1.29, 1.82) is 0 Å². The highest BCUT2D eigenvalue weighted by atomic mass is 14.6. The number of hydrogen-bond donors (Lipinski definition) is 0. The maximum absolute atomic E-state index is 4.05. The fraction of sp³-hybridized carbons (Fsp3) is 0. The van der Waals surface area contributed by atoms with Gasteiger partial charge in [-0.15, -0.1) is 0 Å². The molecule has 1 heteroatoms. The lowest BCUT2D eigenvalue weighted by Gasteiger charge is -1.98. The van der Waals surface area contributed by atoms with Gasteiger partial charge in [-0.2, -0.15) is 0 Å². The van der Waals surface area contributed by atoms with Gasteiger partial charge in [0.25, 0.3) is 0 Å². The van der Waals surface area contributed by atoms with Gasteiger partial charge in [0.1, 0.15) is 0 Å². The SMILES string of the molecule is [CH](c1ccccc1)c1cccnc1. The number of hydrogen-bond acceptors (Lipinski definition) is 1. The van der Waals surface area contributed by atoms with E-state index in [0.717, 1.165) is 5.56 Å². The van der Waals surface area contributed by atoms with Gasteiger partial charge < -0.3 is 0 Å². The quantitative estimate of drug-likeness (QED) is 0.671. The molecule has 63 valence electrons. The largest absolute Gasteiger partial charge is 0.264 e. The van der Waals surface area contributed by atoms with Crippen LogP contribution in [-0.2, 0) is 0 Å². The van der Waals surface area contributed by atoms with E-state index < -0.39 is 0 Å². The molecule has 0 aliphatic rings. The molecule has 0 atom stereocenters. The van der Waals surface area contributed by atoms with Crippen LogP contribution >= 0.6 is 0 Å². The number of pyridine rings is 1. The Morgan fingerprint density at radius 2 is 1.62 bits per heavy atom. The van der Waals surface area contributed by atoms with Crippen molar-refractivity contribution in [2.24, 2.45) is 0 Å². The van der Waals surface area contributed by atoms with E-state index in [4.69, 9.17) is 0 Å². The molecule has 0 saturated carbocycles. The van der Waals surface area contributed by atoms with Gasteiger partial charge in [-0.3, -0.25) is 4.98 Å². The van der Waals surface area contributed by atoms with Crippen molar-refractivity contribution in [3.8, 4) is 0 Å². The molecule has 0 saturated heterocycles. The lowest BCUT2D eigenvalue weighted by atomic mass is 10.1. The molecule has 1 aromatic carbocycles. The van der Waals surface area contributed by atoms with Crippen molar-refractivity contribution in [1.82, 2.24) is 4.98 Å². The van der Waals surface area contributed by atoms with Crippen LogP contribution in [-0.4, -0.2) is 4.98 Å². The van der Waals surface area contributed by atoms with E-state index in [2.05, 4.69) is 23.5 Å². The second-order valence-corrected chi connectivity index (χ2v) is 2.84. The molecular weight excluding hydrogens is 158 g/mol. The first-order valence-electron chi connectivity index (χ1n) is 4.25. The fourth-order valence-electron chi connectivity index (χ4n) is 1.20. The number of benzene rings is 1. The Labute approximate surface area is 78.1 Å². The van der Waals surface area contributed by atoms with E-state index >= 15 is 0 Å². The highest BCUT2D eigenvalue weighted by Gasteiger charge is 1.93. The summed E-state index contributed by atoms with van der Waals surface area (Å²) in [6.07, 6.45) is 5.74. The summed E-state index contributed by atoms with van der Waals surface area (Å²) in [5.74, 6) is 0. The standard InChI is InChI=1S/C12H10N/c1-2-5-11(6-3-1)9-12-7-4-8-13-10-12/h1-10H. The number of rotatable bonds is 2. The van der Waals surface area contributed by atoms with Crippen LogP contribution in [0.4, 0.5) is 0 Å². The van der Waals surface area contributed by atoms with Crippen LogP contribution in [0.3, 0.4) is 0 Å². The third-order valence-electron chi connectivity index (χ3n) is 1.82. The van der Waals surface area contributed by atoms with Crippen LogP contribution in [0.1, 0.15) is 11.1 Å². The zero-order valence-corrected chi connectivity index (χ0v) is 7.22. The third kappa shape index (κ3) is 2.15. The highest BCUT2D eigenvalue weighted by molar-refractivity contribution is 5.34. The summed E-state index contributed by atoms with van der Waals surface area (Å²) in [7, 11) is 0. The second kappa shape index (κ2) is 3.85. The van der Waals surface area contributed by atoms with Crippen molar-refractivity contribution in [3.05, 3.63) is 72.4 Å². The van der Waals surface area contributed by atoms with E-state index in [1.807, 2.05) is 36.5 Å². The van der Waals surface area contributed by atoms with Crippen molar-refractivity contribution >= 4 is 0 Å². The van der Waals surface area contributed by atoms with Gasteiger partial charge in [0.15, 0.2) is 0 Å². The molecule has 1 radical (unpaired) electrons. The van der Waals surface area contributed by atoms with Crippen molar-refractivity contribution in [2.75, 3.05) is 0 Å². The third-order valence-corrected chi connectivity index (χ3v) is 1.82. The molecular formula is C12H10N. The van der Waals surface area contributed by atoms with Crippen LogP contribution in [0.15, 0.2) is 54.9 Å². The Balaban J connectivity index is 2.16. The minimum Gasteiger partial charge on any atom is -0.264 e. The zero-order valence-electron chi connectivity index (χ0n) is 7.22. The van der Waals surface area contributed by atoms with E-state index in [1.165, 1.54) is 5.56 Å². The van der Waals surface area contributed by atoms with E-state index in [9.17, 15) is 0 Å². The summed E-state index contributed by atoms with van der Waals surface area (Å²) < 4.78 is 0. The summed E-state index contributed by atoms with van der Waals surface area (Å²) in [5.41, 5.74) is 2.34. The predicted molar refractivity (Wildman–Crippen MR) is 53.2 cm³/mol. The average Bonchev–Trinajstić information content (AvgIpc) is 2.21. The molecule has 0 unspecified atom stereocenters. The topological polar surface area (TPSA) is 12.9 Å². The fourth-order valence-corrected chi connectivity index (χ4v) is 1.20. The summed E-state index contributed by atoms with van der Waals surface area (Å²) >= 11 is 0. The molecule has 1 heterocycles. The number of nitrogens with zero attached hydrogens (tertiary/aromatic N) is 1. The Hall–Kier alpha value is -1.63. The number of aromatic nitrogens is 1. The molecule has 0 aliphatic carbocycles. The Bertz CT molecular complexity index is 316. The average molecular weight is 168 g/mol. The molecule has 1 aromatic heterocycles.